The zero-order chi connectivity index (χ0) is 12.9. The van der Waals surface area contributed by atoms with Crippen molar-refractivity contribution in [3.05, 3.63) is 34.9 Å². The van der Waals surface area contributed by atoms with Crippen molar-refractivity contribution in [3.63, 3.8) is 0 Å². The number of benzene rings is 1. The molecule has 0 saturated carbocycles. The van der Waals surface area contributed by atoms with E-state index in [0.29, 0.717) is 5.02 Å². The quantitative estimate of drug-likeness (QED) is 0.784. The molecule has 1 aromatic carbocycles. The number of carbonyl (C=O) groups is 1. The topological polar surface area (TPSA) is 72.5 Å². The molecule has 0 bridgehead atoms. The molecule has 94 valence electrons. The maximum atomic E-state index is 11.4. The molecule has 1 rings (SSSR count). The minimum absolute atomic E-state index is 0.0169. The van der Waals surface area contributed by atoms with Crippen LogP contribution in [0.3, 0.4) is 0 Å². The number of halogens is 1. The fourth-order valence-electron chi connectivity index (χ4n) is 1.18. The Morgan fingerprint density at radius 3 is 2.59 bits per heavy atom. The SMILES string of the molecule is CC(O)(CN)CC(=O)OCc1ccc(Cl)cc1. The smallest absolute Gasteiger partial charge is 0.309 e. The van der Waals surface area contributed by atoms with Gasteiger partial charge in [0.05, 0.1) is 12.0 Å². The summed E-state index contributed by atoms with van der Waals surface area (Å²) in [6.07, 6.45) is -0.114. The van der Waals surface area contributed by atoms with Gasteiger partial charge < -0.3 is 15.6 Å². The zero-order valence-electron chi connectivity index (χ0n) is 9.65. The summed E-state index contributed by atoms with van der Waals surface area (Å²) in [5.41, 5.74) is 4.94. The number of hydrogen-bond acceptors (Lipinski definition) is 4. The highest BCUT2D eigenvalue weighted by atomic mass is 35.5. The van der Waals surface area contributed by atoms with Crippen LogP contribution in [-0.4, -0.2) is 23.2 Å². The lowest BCUT2D eigenvalue weighted by Crippen LogP contribution is -2.36. The van der Waals surface area contributed by atoms with E-state index in [-0.39, 0.29) is 19.6 Å². The molecule has 17 heavy (non-hydrogen) atoms. The Morgan fingerprint density at radius 2 is 2.06 bits per heavy atom. The fourth-order valence-corrected chi connectivity index (χ4v) is 1.30. The summed E-state index contributed by atoms with van der Waals surface area (Å²) in [6.45, 7) is 1.68. The van der Waals surface area contributed by atoms with Crippen molar-refractivity contribution in [1.29, 1.82) is 0 Å². The van der Waals surface area contributed by atoms with E-state index in [9.17, 15) is 9.90 Å². The highest BCUT2D eigenvalue weighted by molar-refractivity contribution is 6.30. The summed E-state index contributed by atoms with van der Waals surface area (Å²) in [4.78, 5) is 11.4. The first kappa shape index (κ1) is 14.0. The van der Waals surface area contributed by atoms with Gasteiger partial charge >= 0.3 is 5.97 Å². The molecule has 3 N–H and O–H groups in total. The van der Waals surface area contributed by atoms with E-state index in [1.54, 1.807) is 24.3 Å². The second kappa shape index (κ2) is 6.00. The number of hydrogen-bond donors (Lipinski definition) is 2. The van der Waals surface area contributed by atoms with Crippen molar-refractivity contribution in [1.82, 2.24) is 0 Å². The molecule has 1 aromatic rings. The van der Waals surface area contributed by atoms with Crippen LogP contribution in [0.4, 0.5) is 0 Å². The van der Waals surface area contributed by atoms with Crippen LogP contribution in [0, 0.1) is 0 Å². The fraction of sp³-hybridized carbons (Fsp3) is 0.417. The summed E-state index contributed by atoms with van der Waals surface area (Å²) in [6, 6.07) is 6.99. The van der Waals surface area contributed by atoms with Crippen LogP contribution < -0.4 is 5.73 Å². The minimum Gasteiger partial charge on any atom is -0.461 e. The number of rotatable bonds is 5. The van der Waals surface area contributed by atoms with Gasteiger partial charge in [-0.15, -0.1) is 0 Å². The van der Waals surface area contributed by atoms with Gasteiger partial charge in [0.2, 0.25) is 0 Å². The van der Waals surface area contributed by atoms with Gasteiger partial charge in [0.1, 0.15) is 6.61 Å². The Labute approximate surface area is 105 Å². The number of esters is 1. The van der Waals surface area contributed by atoms with E-state index in [0.717, 1.165) is 5.56 Å². The van der Waals surface area contributed by atoms with Crippen LogP contribution in [0.5, 0.6) is 0 Å². The van der Waals surface area contributed by atoms with Gasteiger partial charge in [-0.05, 0) is 24.6 Å². The lowest BCUT2D eigenvalue weighted by atomic mass is 10.0. The molecular formula is C12H16ClNO3. The maximum Gasteiger partial charge on any atom is 0.309 e. The van der Waals surface area contributed by atoms with E-state index in [1.165, 1.54) is 6.92 Å². The van der Waals surface area contributed by atoms with Crippen LogP contribution in [0.2, 0.25) is 5.02 Å². The predicted octanol–water partition coefficient (Wildman–Crippen LogP) is 1.48. The lowest BCUT2D eigenvalue weighted by molar-refractivity contribution is -0.149. The van der Waals surface area contributed by atoms with Gasteiger partial charge in [0, 0.05) is 11.6 Å². The van der Waals surface area contributed by atoms with Crippen LogP contribution in [-0.2, 0) is 16.1 Å². The van der Waals surface area contributed by atoms with E-state index < -0.39 is 11.6 Å². The first-order valence-corrected chi connectivity index (χ1v) is 5.63. The molecule has 0 aromatic heterocycles. The highest BCUT2D eigenvalue weighted by Gasteiger charge is 2.23. The molecule has 0 aliphatic rings. The summed E-state index contributed by atoms with van der Waals surface area (Å²) in [7, 11) is 0. The molecule has 0 fully saturated rings. The number of carbonyl (C=O) groups excluding carboxylic acids is 1. The van der Waals surface area contributed by atoms with Crippen LogP contribution in [0.1, 0.15) is 18.9 Å². The molecule has 0 spiro atoms. The summed E-state index contributed by atoms with van der Waals surface area (Å²) >= 11 is 5.73. The van der Waals surface area contributed by atoms with Gasteiger partial charge in [-0.3, -0.25) is 4.79 Å². The molecule has 0 saturated heterocycles. The summed E-state index contributed by atoms with van der Waals surface area (Å²) in [5.74, 6) is -0.476. The van der Waals surface area contributed by atoms with Gasteiger partial charge in [-0.2, -0.15) is 0 Å². The van der Waals surface area contributed by atoms with Crippen molar-refractivity contribution >= 4 is 17.6 Å². The molecule has 5 heteroatoms. The summed E-state index contributed by atoms with van der Waals surface area (Å²) in [5, 5.41) is 10.2. The van der Waals surface area contributed by atoms with Gasteiger partial charge in [-0.1, -0.05) is 23.7 Å². The van der Waals surface area contributed by atoms with Gasteiger partial charge in [0.15, 0.2) is 0 Å². The highest BCUT2D eigenvalue weighted by Crippen LogP contribution is 2.12. The Bertz CT molecular complexity index is 376. The average molecular weight is 258 g/mol. The third-order valence-corrected chi connectivity index (χ3v) is 2.53. The van der Waals surface area contributed by atoms with Crippen molar-refractivity contribution in [2.24, 2.45) is 5.73 Å². The average Bonchev–Trinajstić information content (AvgIpc) is 2.28. The van der Waals surface area contributed by atoms with Gasteiger partial charge in [0.25, 0.3) is 0 Å². The monoisotopic (exact) mass is 257 g/mol. The largest absolute Gasteiger partial charge is 0.461 e. The van der Waals surface area contributed by atoms with Crippen molar-refractivity contribution < 1.29 is 14.6 Å². The third kappa shape index (κ3) is 5.17. The third-order valence-electron chi connectivity index (χ3n) is 2.28. The lowest BCUT2D eigenvalue weighted by Gasteiger charge is -2.19. The summed E-state index contributed by atoms with van der Waals surface area (Å²) < 4.78 is 5.01. The van der Waals surface area contributed by atoms with E-state index in [1.807, 2.05) is 0 Å². The Morgan fingerprint density at radius 1 is 1.47 bits per heavy atom. The van der Waals surface area contributed by atoms with Crippen molar-refractivity contribution in [2.75, 3.05) is 6.54 Å². The molecule has 0 heterocycles. The zero-order valence-corrected chi connectivity index (χ0v) is 10.4. The molecule has 0 radical (unpaired) electrons. The second-order valence-electron chi connectivity index (χ2n) is 4.16. The normalized spacial score (nSPS) is 14.1. The molecule has 1 unspecified atom stereocenters. The Hall–Kier alpha value is -1.10. The van der Waals surface area contributed by atoms with E-state index in [4.69, 9.17) is 22.1 Å². The first-order chi connectivity index (χ1) is 7.93. The van der Waals surface area contributed by atoms with Crippen LogP contribution >= 0.6 is 11.6 Å². The molecular weight excluding hydrogens is 242 g/mol. The predicted molar refractivity (Wildman–Crippen MR) is 65.5 cm³/mol. The number of ether oxygens (including phenoxy) is 1. The molecule has 0 aliphatic heterocycles. The van der Waals surface area contributed by atoms with E-state index in [2.05, 4.69) is 0 Å². The molecule has 1 atom stereocenters. The standard InChI is InChI=1S/C12H16ClNO3/c1-12(16,8-14)6-11(15)17-7-9-2-4-10(13)5-3-9/h2-5,16H,6-8,14H2,1H3. The van der Waals surface area contributed by atoms with Crippen LogP contribution in [0.25, 0.3) is 0 Å². The number of nitrogens with two attached hydrogens (primary N) is 1. The van der Waals surface area contributed by atoms with Crippen molar-refractivity contribution in [2.45, 2.75) is 25.6 Å². The molecule has 4 nitrogen and oxygen atoms in total. The molecule has 0 amide bonds. The Kier molecular flexibility index (Phi) is 4.93. The van der Waals surface area contributed by atoms with E-state index >= 15 is 0 Å². The second-order valence-corrected chi connectivity index (χ2v) is 4.60. The minimum atomic E-state index is -1.21. The van der Waals surface area contributed by atoms with Gasteiger partial charge in [-0.25, -0.2) is 0 Å². The maximum absolute atomic E-state index is 11.4. The van der Waals surface area contributed by atoms with Crippen molar-refractivity contribution in [3.8, 4) is 0 Å². The molecule has 0 aliphatic carbocycles. The Balaban J connectivity index is 2.41. The first-order valence-electron chi connectivity index (χ1n) is 5.25. The number of aliphatic hydroxyl groups is 1. The van der Waals surface area contributed by atoms with Crippen LogP contribution in [0.15, 0.2) is 24.3 Å².